The molecule has 0 aliphatic heterocycles. The number of rotatable bonds is 2. The van der Waals surface area contributed by atoms with Crippen molar-refractivity contribution in [3.05, 3.63) is 47.6 Å². The molecule has 0 aliphatic carbocycles. The lowest BCUT2D eigenvalue weighted by Crippen LogP contribution is -1.81. The van der Waals surface area contributed by atoms with Gasteiger partial charge in [-0.2, -0.15) is 0 Å². The van der Waals surface area contributed by atoms with Gasteiger partial charge in [0.25, 0.3) is 0 Å². The third-order valence-electron chi connectivity index (χ3n) is 2.17. The summed E-state index contributed by atoms with van der Waals surface area (Å²) in [5.41, 5.74) is 5.36. The highest BCUT2D eigenvalue weighted by Gasteiger charge is 2.06. The third kappa shape index (κ3) is 2.28. The maximum Gasteiger partial charge on any atom is 0.0801 e. The zero-order valence-corrected chi connectivity index (χ0v) is 10.1. The van der Waals surface area contributed by atoms with Crippen molar-refractivity contribution >= 4 is 29.8 Å². The number of hydrogen-bond acceptors (Lipinski definition) is 2. The Bertz CT molecular complexity index is 462. The Morgan fingerprint density at radius 3 is 2.67 bits per heavy atom. The summed E-state index contributed by atoms with van der Waals surface area (Å²) < 4.78 is 0. The van der Waals surface area contributed by atoms with Gasteiger partial charge in [-0.15, -0.1) is 23.7 Å². The monoisotopic (exact) mass is 237 g/mol. The molecular formula is C12H12ClNS. The van der Waals surface area contributed by atoms with Crippen LogP contribution in [0.5, 0.6) is 0 Å². The van der Waals surface area contributed by atoms with Crippen molar-refractivity contribution in [1.29, 1.82) is 0 Å². The number of thiazole rings is 1. The van der Waals surface area contributed by atoms with Crippen LogP contribution in [0.2, 0.25) is 0 Å². The Labute approximate surface area is 99.9 Å². The minimum absolute atomic E-state index is 0. The second kappa shape index (κ2) is 5.10. The topological polar surface area (TPSA) is 12.9 Å². The zero-order valence-electron chi connectivity index (χ0n) is 8.43. The third-order valence-corrected chi connectivity index (χ3v) is 3.13. The summed E-state index contributed by atoms with van der Waals surface area (Å²) in [6.07, 6.45) is 1.88. The summed E-state index contributed by atoms with van der Waals surface area (Å²) in [7, 11) is 0. The molecule has 2 rings (SSSR count). The first-order valence-corrected chi connectivity index (χ1v) is 5.33. The van der Waals surface area contributed by atoms with Crippen molar-refractivity contribution in [3.63, 3.8) is 0 Å². The summed E-state index contributed by atoms with van der Waals surface area (Å²) in [5, 5.41) is 0. The maximum atomic E-state index is 4.25. The second-order valence-electron chi connectivity index (χ2n) is 3.06. The van der Waals surface area contributed by atoms with Crippen LogP contribution in [0.25, 0.3) is 16.5 Å². The van der Waals surface area contributed by atoms with E-state index in [0.29, 0.717) is 0 Å². The van der Waals surface area contributed by atoms with E-state index >= 15 is 0 Å². The van der Waals surface area contributed by atoms with E-state index in [9.17, 15) is 0 Å². The SMILES string of the molecule is C=Cc1ccccc1-c1scnc1C.Cl. The molecule has 2 aromatic rings. The quantitative estimate of drug-likeness (QED) is 0.764. The summed E-state index contributed by atoms with van der Waals surface area (Å²) in [6, 6.07) is 8.25. The van der Waals surface area contributed by atoms with Crippen LogP contribution in [0.3, 0.4) is 0 Å². The fraction of sp³-hybridized carbons (Fsp3) is 0.0833. The van der Waals surface area contributed by atoms with E-state index < -0.39 is 0 Å². The van der Waals surface area contributed by atoms with E-state index in [1.807, 2.05) is 30.6 Å². The van der Waals surface area contributed by atoms with Gasteiger partial charge in [-0.3, -0.25) is 0 Å². The molecule has 3 heteroatoms. The molecule has 1 heterocycles. The number of nitrogens with zero attached hydrogens (tertiary/aromatic N) is 1. The van der Waals surface area contributed by atoms with Crippen LogP contribution in [0.15, 0.2) is 36.4 Å². The van der Waals surface area contributed by atoms with Crippen LogP contribution in [-0.2, 0) is 0 Å². The number of aryl methyl sites for hydroxylation is 1. The molecule has 0 saturated carbocycles. The Morgan fingerprint density at radius 2 is 2.07 bits per heavy atom. The predicted molar refractivity (Wildman–Crippen MR) is 69.6 cm³/mol. The molecule has 0 amide bonds. The Kier molecular flexibility index (Phi) is 4.06. The molecule has 1 nitrogen and oxygen atoms in total. The lowest BCUT2D eigenvalue weighted by atomic mass is 10.1. The molecule has 1 aromatic carbocycles. The van der Waals surface area contributed by atoms with Crippen molar-refractivity contribution in [2.75, 3.05) is 0 Å². The summed E-state index contributed by atoms with van der Waals surface area (Å²) in [4.78, 5) is 5.49. The molecule has 0 unspecified atom stereocenters. The molecule has 78 valence electrons. The van der Waals surface area contributed by atoms with Gasteiger partial charge in [0.2, 0.25) is 0 Å². The molecule has 0 saturated heterocycles. The number of benzene rings is 1. The summed E-state index contributed by atoms with van der Waals surface area (Å²) >= 11 is 1.67. The van der Waals surface area contributed by atoms with Gasteiger partial charge in [0, 0.05) is 5.56 Å². The Morgan fingerprint density at radius 1 is 1.33 bits per heavy atom. The van der Waals surface area contributed by atoms with Crippen molar-refractivity contribution < 1.29 is 0 Å². The molecule has 0 bridgehead atoms. The van der Waals surface area contributed by atoms with E-state index in [2.05, 4.69) is 23.7 Å². The van der Waals surface area contributed by atoms with Crippen molar-refractivity contribution in [2.24, 2.45) is 0 Å². The van der Waals surface area contributed by atoms with E-state index in [1.54, 1.807) is 11.3 Å². The molecule has 0 atom stereocenters. The highest BCUT2D eigenvalue weighted by atomic mass is 35.5. The zero-order chi connectivity index (χ0) is 9.97. The number of halogens is 1. The van der Waals surface area contributed by atoms with E-state index in [4.69, 9.17) is 0 Å². The second-order valence-corrected chi connectivity index (χ2v) is 3.91. The van der Waals surface area contributed by atoms with Crippen molar-refractivity contribution in [1.82, 2.24) is 4.98 Å². The van der Waals surface area contributed by atoms with Gasteiger partial charge in [0.15, 0.2) is 0 Å². The molecule has 0 radical (unpaired) electrons. The Balaban J connectivity index is 0.00000112. The van der Waals surface area contributed by atoms with Gasteiger partial charge >= 0.3 is 0 Å². The first-order valence-electron chi connectivity index (χ1n) is 4.45. The fourth-order valence-corrected chi connectivity index (χ4v) is 2.29. The van der Waals surface area contributed by atoms with Gasteiger partial charge in [0.1, 0.15) is 0 Å². The van der Waals surface area contributed by atoms with Gasteiger partial charge < -0.3 is 0 Å². The summed E-state index contributed by atoms with van der Waals surface area (Å²) in [6.45, 7) is 5.85. The molecule has 15 heavy (non-hydrogen) atoms. The highest BCUT2D eigenvalue weighted by molar-refractivity contribution is 7.13. The summed E-state index contributed by atoms with van der Waals surface area (Å²) in [5.74, 6) is 0. The van der Waals surface area contributed by atoms with Crippen LogP contribution in [-0.4, -0.2) is 4.98 Å². The van der Waals surface area contributed by atoms with E-state index in [-0.39, 0.29) is 12.4 Å². The van der Waals surface area contributed by atoms with Gasteiger partial charge in [-0.05, 0) is 12.5 Å². The van der Waals surface area contributed by atoms with Crippen LogP contribution in [0.1, 0.15) is 11.3 Å². The average molecular weight is 238 g/mol. The fourth-order valence-electron chi connectivity index (χ4n) is 1.44. The largest absolute Gasteiger partial charge is 0.249 e. The number of hydrogen-bond donors (Lipinski definition) is 0. The first kappa shape index (κ1) is 12.0. The lowest BCUT2D eigenvalue weighted by molar-refractivity contribution is 1.27. The average Bonchev–Trinajstić information content (AvgIpc) is 2.64. The van der Waals surface area contributed by atoms with Crippen LogP contribution >= 0.6 is 23.7 Å². The molecule has 0 aliphatic rings. The smallest absolute Gasteiger partial charge is 0.0801 e. The minimum Gasteiger partial charge on any atom is -0.249 e. The molecule has 0 spiro atoms. The van der Waals surface area contributed by atoms with Crippen molar-refractivity contribution in [3.8, 4) is 10.4 Å². The molecule has 0 fully saturated rings. The maximum absolute atomic E-state index is 4.25. The van der Waals surface area contributed by atoms with E-state index in [1.165, 1.54) is 16.0 Å². The van der Waals surface area contributed by atoms with E-state index in [0.717, 1.165) is 5.69 Å². The molecule has 0 N–H and O–H groups in total. The normalized spacial score (nSPS) is 9.40. The molecular weight excluding hydrogens is 226 g/mol. The van der Waals surface area contributed by atoms with Crippen molar-refractivity contribution in [2.45, 2.75) is 6.92 Å². The van der Waals surface area contributed by atoms with Gasteiger partial charge in [-0.1, -0.05) is 36.9 Å². The lowest BCUT2D eigenvalue weighted by Gasteiger charge is -2.03. The highest BCUT2D eigenvalue weighted by Crippen LogP contribution is 2.30. The van der Waals surface area contributed by atoms with Crippen LogP contribution in [0.4, 0.5) is 0 Å². The molecule has 1 aromatic heterocycles. The van der Waals surface area contributed by atoms with Crippen LogP contribution in [0, 0.1) is 6.92 Å². The van der Waals surface area contributed by atoms with Crippen LogP contribution < -0.4 is 0 Å². The first-order chi connectivity index (χ1) is 6.83. The van der Waals surface area contributed by atoms with Gasteiger partial charge in [-0.25, -0.2) is 4.98 Å². The standard InChI is InChI=1S/C12H11NS.ClH/c1-3-10-6-4-5-7-11(10)12-9(2)13-8-14-12;/h3-8H,1H2,2H3;1H. The number of aromatic nitrogens is 1. The Hall–Kier alpha value is -1.12. The van der Waals surface area contributed by atoms with Gasteiger partial charge in [0.05, 0.1) is 16.1 Å². The predicted octanol–water partition coefficient (Wildman–Crippen LogP) is 4.18. The minimum atomic E-state index is 0.